The van der Waals surface area contributed by atoms with Crippen molar-refractivity contribution in [2.24, 2.45) is 7.05 Å². The average Bonchev–Trinajstić information content (AvgIpc) is 3.01. The van der Waals surface area contributed by atoms with Crippen LogP contribution in [0.5, 0.6) is 0 Å². The first-order valence-corrected chi connectivity index (χ1v) is 7.80. The fourth-order valence-electron chi connectivity index (χ4n) is 2.21. The van der Waals surface area contributed by atoms with Crippen molar-refractivity contribution >= 4 is 56.9 Å². The number of thiophene rings is 1. The van der Waals surface area contributed by atoms with Gasteiger partial charge in [-0.2, -0.15) is 5.26 Å². The number of benzene rings is 1. The fourth-order valence-corrected chi connectivity index (χ4v) is 3.68. The zero-order valence-corrected chi connectivity index (χ0v) is 13.7. The summed E-state index contributed by atoms with van der Waals surface area (Å²) >= 11 is 13.1. The predicted octanol–water partition coefficient (Wildman–Crippen LogP) is 4.89. The highest BCUT2D eigenvalue weighted by atomic mass is 35.5. The Bertz CT molecular complexity index is 949. The van der Waals surface area contributed by atoms with Gasteiger partial charge in [0.2, 0.25) is 0 Å². The van der Waals surface area contributed by atoms with Crippen LogP contribution >= 0.6 is 34.5 Å². The molecule has 1 N–H and O–H groups in total. The van der Waals surface area contributed by atoms with Gasteiger partial charge in [-0.15, -0.1) is 11.3 Å². The molecular weight excluding hydrogens is 341 g/mol. The number of allylic oxidation sites excluding steroid dienone is 1. The minimum atomic E-state index is -0.228. The summed E-state index contributed by atoms with van der Waals surface area (Å²) in [5.41, 5.74) is 2.00. The topological polar surface area (TPSA) is 61.8 Å². The summed E-state index contributed by atoms with van der Waals surface area (Å²) in [6, 6.07) is 11.0. The number of nitriles is 1. The number of nitrogens with zero attached hydrogens (tertiary/aromatic N) is 3. The summed E-state index contributed by atoms with van der Waals surface area (Å²) in [6.45, 7) is 0. The van der Waals surface area contributed by atoms with Crippen molar-refractivity contribution in [1.29, 1.82) is 5.26 Å². The molecule has 0 fully saturated rings. The molecule has 3 rings (SSSR count). The number of hydrogen-bond donors (Lipinski definition) is 1. The van der Waals surface area contributed by atoms with Crippen molar-refractivity contribution in [3.63, 3.8) is 0 Å². The molecule has 0 aliphatic carbocycles. The third-order valence-corrected chi connectivity index (χ3v) is 4.76. The van der Waals surface area contributed by atoms with Crippen LogP contribution in [0.25, 0.3) is 22.4 Å². The van der Waals surface area contributed by atoms with Gasteiger partial charge in [-0.1, -0.05) is 35.3 Å². The van der Waals surface area contributed by atoms with E-state index < -0.39 is 0 Å². The van der Waals surface area contributed by atoms with Crippen LogP contribution in [0.3, 0.4) is 0 Å². The largest absolute Gasteiger partial charge is 0.506 e. The molecule has 2 aromatic heterocycles. The molecule has 2 heterocycles. The Morgan fingerprint density at radius 2 is 2.09 bits per heavy atom. The van der Waals surface area contributed by atoms with Crippen molar-refractivity contribution in [2.75, 3.05) is 0 Å². The Balaban J connectivity index is 2.26. The maximum Gasteiger partial charge on any atom is 0.155 e. The number of aliphatic hydroxyl groups is 1. The standard InChI is InChI=1S/C15H9Cl2N3OS/c1-20-11-5-3-2-4-10(11)19-15(20)9(7-18)13(21)8-6-12(16)22-14(8)17/h2-6,21H,1H3. The first-order chi connectivity index (χ1) is 10.5. The molecule has 0 radical (unpaired) electrons. The van der Waals surface area contributed by atoms with E-state index in [-0.39, 0.29) is 11.3 Å². The maximum atomic E-state index is 10.4. The minimum absolute atomic E-state index is 0.0510. The van der Waals surface area contributed by atoms with Gasteiger partial charge in [0.1, 0.15) is 21.7 Å². The number of aromatic nitrogens is 2. The average molecular weight is 350 g/mol. The highest BCUT2D eigenvalue weighted by Gasteiger charge is 2.20. The van der Waals surface area contributed by atoms with E-state index in [1.165, 1.54) is 6.07 Å². The summed E-state index contributed by atoms with van der Waals surface area (Å²) in [5.74, 6) is 0.147. The lowest BCUT2D eigenvalue weighted by atomic mass is 10.1. The van der Waals surface area contributed by atoms with Gasteiger partial charge in [-0.3, -0.25) is 0 Å². The SMILES string of the molecule is Cn1c(C(C#N)=C(O)c2cc(Cl)sc2Cl)nc2ccccc21. The highest BCUT2D eigenvalue weighted by Crippen LogP contribution is 2.37. The lowest BCUT2D eigenvalue weighted by Gasteiger charge is -2.04. The Kier molecular flexibility index (Phi) is 3.83. The number of rotatable bonds is 2. The smallest absolute Gasteiger partial charge is 0.155 e. The minimum Gasteiger partial charge on any atom is -0.506 e. The third-order valence-electron chi connectivity index (χ3n) is 3.27. The van der Waals surface area contributed by atoms with E-state index in [2.05, 4.69) is 4.98 Å². The molecule has 22 heavy (non-hydrogen) atoms. The highest BCUT2D eigenvalue weighted by molar-refractivity contribution is 7.20. The van der Waals surface area contributed by atoms with Crippen molar-refractivity contribution < 1.29 is 5.11 Å². The second kappa shape index (κ2) is 5.65. The van der Waals surface area contributed by atoms with Crippen LogP contribution in [0.15, 0.2) is 30.3 Å². The van der Waals surface area contributed by atoms with Crippen LogP contribution in [0, 0.1) is 11.3 Å². The summed E-state index contributed by atoms with van der Waals surface area (Å²) in [7, 11) is 1.79. The van der Waals surface area contributed by atoms with E-state index in [9.17, 15) is 10.4 Å². The molecule has 0 spiro atoms. The Hall–Kier alpha value is -2.00. The van der Waals surface area contributed by atoms with Crippen LogP contribution < -0.4 is 0 Å². The monoisotopic (exact) mass is 349 g/mol. The molecule has 0 amide bonds. The summed E-state index contributed by atoms with van der Waals surface area (Å²) in [6.07, 6.45) is 0. The molecule has 0 bridgehead atoms. The van der Waals surface area contributed by atoms with Crippen molar-refractivity contribution in [1.82, 2.24) is 9.55 Å². The molecule has 110 valence electrons. The molecule has 7 heteroatoms. The number of hydrogen-bond acceptors (Lipinski definition) is 4. The molecule has 3 aromatic rings. The van der Waals surface area contributed by atoms with Crippen LogP contribution in [0.2, 0.25) is 8.67 Å². The second-order valence-corrected chi connectivity index (χ2v) is 6.84. The molecule has 0 saturated heterocycles. The maximum absolute atomic E-state index is 10.4. The summed E-state index contributed by atoms with van der Waals surface area (Å²) < 4.78 is 2.52. The normalized spacial score (nSPS) is 12.3. The van der Waals surface area contributed by atoms with Crippen molar-refractivity contribution in [2.45, 2.75) is 0 Å². The zero-order chi connectivity index (χ0) is 15.9. The molecular formula is C15H9Cl2N3OS. The number of fused-ring (bicyclic) bond motifs is 1. The number of aliphatic hydroxyl groups excluding tert-OH is 1. The lowest BCUT2D eigenvalue weighted by Crippen LogP contribution is -1.99. The predicted molar refractivity (Wildman–Crippen MR) is 90.1 cm³/mol. The van der Waals surface area contributed by atoms with Gasteiger partial charge in [0.15, 0.2) is 5.82 Å². The van der Waals surface area contributed by atoms with Gasteiger partial charge in [-0.25, -0.2) is 4.98 Å². The Labute approximate surface area is 140 Å². The van der Waals surface area contributed by atoms with E-state index in [0.29, 0.717) is 20.1 Å². The summed E-state index contributed by atoms with van der Waals surface area (Å²) in [4.78, 5) is 4.42. The first-order valence-electron chi connectivity index (χ1n) is 6.23. The molecule has 0 aliphatic heterocycles. The fraction of sp³-hybridized carbons (Fsp3) is 0.0667. The molecule has 0 atom stereocenters. The van der Waals surface area contributed by atoms with Gasteiger partial charge in [-0.05, 0) is 18.2 Å². The van der Waals surface area contributed by atoms with Gasteiger partial charge in [0, 0.05) is 12.6 Å². The molecule has 0 unspecified atom stereocenters. The first kappa shape index (κ1) is 14.9. The molecule has 0 saturated carbocycles. The molecule has 0 aliphatic rings. The third kappa shape index (κ3) is 2.35. The number of aryl methyl sites for hydroxylation is 1. The van der Waals surface area contributed by atoms with Gasteiger partial charge < -0.3 is 9.67 Å². The van der Waals surface area contributed by atoms with E-state index in [1.54, 1.807) is 11.6 Å². The number of halogens is 2. The number of imidazole rings is 1. The van der Waals surface area contributed by atoms with E-state index in [4.69, 9.17) is 23.2 Å². The van der Waals surface area contributed by atoms with E-state index in [0.717, 1.165) is 22.4 Å². The quantitative estimate of drug-likeness (QED) is 0.529. The van der Waals surface area contributed by atoms with E-state index in [1.807, 2.05) is 30.3 Å². The zero-order valence-electron chi connectivity index (χ0n) is 11.3. The van der Waals surface area contributed by atoms with Gasteiger partial charge in [0.25, 0.3) is 0 Å². The van der Waals surface area contributed by atoms with Crippen LogP contribution in [0.4, 0.5) is 0 Å². The molecule has 1 aromatic carbocycles. The van der Waals surface area contributed by atoms with Crippen LogP contribution in [-0.2, 0) is 7.05 Å². The van der Waals surface area contributed by atoms with Gasteiger partial charge in [0.05, 0.1) is 15.4 Å². The Morgan fingerprint density at radius 3 is 2.68 bits per heavy atom. The van der Waals surface area contributed by atoms with Crippen molar-refractivity contribution in [3.05, 3.63) is 50.4 Å². The lowest BCUT2D eigenvalue weighted by molar-refractivity contribution is 0.514. The van der Waals surface area contributed by atoms with Crippen molar-refractivity contribution in [3.8, 4) is 6.07 Å². The van der Waals surface area contributed by atoms with Crippen LogP contribution in [-0.4, -0.2) is 14.7 Å². The number of para-hydroxylation sites is 2. The second-order valence-electron chi connectivity index (χ2n) is 4.56. The Morgan fingerprint density at radius 1 is 1.36 bits per heavy atom. The van der Waals surface area contributed by atoms with Crippen LogP contribution in [0.1, 0.15) is 11.4 Å². The summed E-state index contributed by atoms with van der Waals surface area (Å²) in [5, 5.41) is 19.9. The molecule has 4 nitrogen and oxygen atoms in total. The van der Waals surface area contributed by atoms with E-state index >= 15 is 0 Å². The van der Waals surface area contributed by atoms with Gasteiger partial charge >= 0.3 is 0 Å².